The maximum atomic E-state index is 12.7. The number of halogens is 2. The van der Waals surface area contributed by atoms with Gasteiger partial charge in [-0.2, -0.15) is 0 Å². The van der Waals surface area contributed by atoms with Crippen molar-refractivity contribution in [3.63, 3.8) is 0 Å². The van der Waals surface area contributed by atoms with E-state index in [1.807, 2.05) is 13.8 Å². The fourth-order valence-electron chi connectivity index (χ4n) is 1.53. The number of rotatable bonds is 6. The highest BCUT2D eigenvalue weighted by Gasteiger charge is 2.32. The van der Waals surface area contributed by atoms with Crippen LogP contribution in [0.4, 0.5) is 5.69 Å². The molecular weight excluding hydrogens is 368 g/mol. The molecule has 20 heavy (non-hydrogen) atoms. The summed E-state index contributed by atoms with van der Waals surface area (Å²) in [6.07, 6.45) is 1.44. The van der Waals surface area contributed by atoms with Gasteiger partial charge in [0.25, 0.3) is 0 Å². The number of pyridine rings is 1. The van der Waals surface area contributed by atoms with Crippen LogP contribution in [0.25, 0.3) is 0 Å². The second-order valence-electron chi connectivity index (χ2n) is 4.72. The van der Waals surface area contributed by atoms with Gasteiger partial charge in [-0.3, -0.25) is 0 Å². The normalized spacial score (nSPS) is 13.6. The van der Waals surface area contributed by atoms with Crippen molar-refractivity contribution in [2.75, 3.05) is 18.1 Å². The van der Waals surface area contributed by atoms with Gasteiger partial charge in [-0.05, 0) is 34.8 Å². The predicted octanol–water partition coefficient (Wildman–Crippen LogP) is 3.28. The zero-order valence-electron chi connectivity index (χ0n) is 11.8. The molecule has 0 radical (unpaired) electrons. The van der Waals surface area contributed by atoms with Crippen LogP contribution in [-0.2, 0) is 14.8 Å². The molecule has 0 saturated carbocycles. The van der Waals surface area contributed by atoms with Crippen molar-refractivity contribution in [3.05, 3.63) is 21.9 Å². The number of nitrogens with zero attached hydrogens (tertiary/aromatic N) is 2. The number of anilines is 1. The van der Waals surface area contributed by atoms with Crippen molar-refractivity contribution in [2.45, 2.75) is 26.0 Å². The molecule has 0 saturated heterocycles. The van der Waals surface area contributed by atoms with Crippen LogP contribution in [-0.4, -0.2) is 32.5 Å². The largest absolute Gasteiger partial charge is 0.363 e. The van der Waals surface area contributed by atoms with Crippen molar-refractivity contribution in [2.24, 2.45) is 5.92 Å². The fourth-order valence-corrected chi connectivity index (χ4v) is 3.98. The zero-order valence-corrected chi connectivity index (χ0v) is 15.0. The summed E-state index contributed by atoms with van der Waals surface area (Å²) in [5.41, 5.74) is 0.367. The monoisotopic (exact) mass is 384 g/mol. The van der Waals surface area contributed by atoms with Crippen LogP contribution in [0.1, 0.15) is 20.8 Å². The van der Waals surface area contributed by atoms with Gasteiger partial charge < -0.3 is 4.74 Å². The van der Waals surface area contributed by atoms with Gasteiger partial charge in [-0.1, -0.05) is 25.4 Å². The first kappa shape index (κ1) is 17.7. The smallest absolute Gasteiger partial charge is 0.240 e. The average molecular weight is 386 g/mol. The van der Waals surface area contributed by atoms with Crippen molar-refractivity contribution in [1.82, 2.24) is 4.98 Å². The Hall–Kier alpha value is -0.370. The van der Waals surface area contributed by atoms with Crippen LogP contribution in [0, 0.1) is 5.92 Å². The van der Waals surface area contributed by atoms with E-state index in [0.717, 1.165) is 0 Å². The first-order valence-electron chi connectivity index (χ1n) is 6.03. The predicted molar refractivity (Wildman–Crippen MR) is 84.5 cm³/mol. The third-order valence-electron chi connectivity index (χ3n) is 3.02. The van der Waals surface area contributed by atoms with Crippen molar-refractivity contribution >= 4 is 43.2 Å². The van der Waals surface area contributed by atoms with Gasteiger partial charge in [0.15, 0.2) is 0 Å². The second-order valence-corrected chi connectivity index (χ2v) is 8.13. The molecule has 0 spiro atoms. The van der Waals surface area contributed by atoms with Gasteiger partial charge in [0.1, 0.15) is 11.3 Å². The molecule has 0 amide bonds. The number of aromatic nitrogens is 1. The van der Waals surface area contributed by atoms with Gasteiger partial charge in [-0.15, -0.1) is 0 Å². The minimum atomic E-state index is -3.58. The molecule has 1 unspecified atom stereocenters. The van der Waals surface area contributed by atoms with Gasteiger partial charge in [0.2, 0.25) is 10.0 Å². The molecule has 0 N–H and O–H groups in total. The lowest BCUT2D eigenvalue weighted by atomic mass is 10.2. The van der Waals surface area contributed by atoms with Gasteiger partial charge in [0, 0.05) is 13.3 Å². The molecule has 1 rings (SSSR count). The number of ether oxygens (including phenoxy) is 1. The summed E-state index contributed by atoms with van der Waals surface area (Å²) in [6.45, 7) is 5.30. The van der Waals surface area contributed by atoms with Crippen molar-refractivity contribution in [1.29, 1.82) is 0 Å². The number of hydrogen-bond donors (Lipinski definition) is 0. The summed E-state index contributed by atoms with van der Waals surface area (Å²) in [6, 6.07) is 1.54. The Morgan fingerprint density at radius 1 is 1.45 bits per heavy atom. The number of hydrogen-bond acceptors (Lipinski definition) is 4. The third kappa shape index (κ3) is 3.84. The highest BCUT2D eigenvalue weighted by atomic mass is 79.9. The molecule has 0 aliphatic rings. The van der Waals surface area contributed by atoms with Crippen LogP contribution < -0.4 is 4.31 Å². The summed E-state index contributed by atoms with van der Waals surface area (Å²) in [7, 11) is -2.14. The van der Waals surface area contributed by atoms with Crippen LogP contribution in [0.15, 0.2) is 16.9 Å². The third-order valence-corrected chi connectivity index (χ3v) is 6.24. The molecule has 114 valence electrons. The molecule has 0 aromatic carbocycles. The fraction of sp³-hybridized carbons (Fsp3) is 0.583. The molecule has 1 aromatic rings. The standard InChI is InChI=1S/C12H18BrClN2O3S/c1-8(2)9(3)20(17,18)16(7-19-4)11-5-10(14)6-15-12(11)13/h5-6,8-9H,7H2,1-4H3. The van der Waals surface area contributed by atoms with Crippen LogP contribution in [0.2, 0.25) is 5.02 Å². The Labute approximate surface area is 133 Å². The van der Waals surface area contributed by atoms with E-state index in [1.54, 1.807) is 13.0 Å². The van der Waals surface area contributed by atoms with E-state index in [4.69, 9.17) is 16.3 Å². The highest BCUT2D eigenvalue weighted by molar-refractivity contribution is 9.10. The Morgan fingerprint density at radius 2 is 2.05 bits per heavy atom. The van der Waals surface area contributed by atoms with Crippen molar-refractivity contribution in [3.8, 4) is 0 Å². The Balaban J connectivity index is 3.34. The van der Waals surface area contributed by atoms with E-state index >= 15 is 0 Å². The minimum absolute atomic E-state index is 0.0229. The van der Waals surface area contributed by atoms with Crippen molar-refractivity contribution < 1.29 is 13.2 Å². The molecule has 8 heteroatoms. The van der Waals surface area contributed by atoms with E-state index in [1.165, 1.54) is 17.6 Å². The maximum absolute atomic E-state index is 12.7. The lowest BCUT2D eigenvalue weighted by Gasteiger charge is -2.29. The van der Waals surface area contributed by atoms with E-state index in [9.17, 15) is 8.42 Å². The maximum Gasteiger partial charge on any atom is 0.240 e. The van der Waals surface area contributed by atoms with E-state index in [2.05, 4.69) is 20.9 Å². The van der Waals surface area contributed by atoms with Gasteiger partial charge in [-0.25, -0.2) is 17.7 Å². The molecule has 0 fully saturated rings. The Kier molecular flexibility index (Phi) is 6.25. The average Bonchev–Trinajstić information content (AvgIpc) is 2.37. The molecule has 0 aliphatic heterocycles. The van der Waals surface area contributed by atoms with E-state index in [-0.39, 0.29) is 12.6 Å². The molecule has 1 atom stereocenters. The molecule has 0 bridgehead atoms. The molecule has 5 nitrogen and oxygen atoms in total. The Morgan fingerprint density at radius 3 is 2.55 bits per heavy atom. The van der Waals surface area contributed by atoms with Crippen LogP contribution in [0.5, 0.6) is 0 Å². The second kappa shape index (κ2) is 7.06. The van der Waals surface area contributed by atoms with Crippen LogP contribution in [0.3, 0.4) is 0 Å². The molecule has 1 aromatic heterocycles. The summed E-state index contributed by atoms with van der Waals surface area (Å²) >= 11 is 9.16. The topological polar surface area (TPSA) is 59.5 Å². The molecule has 0 aliphatic carbocycles. The summed E-state index contributed by atoms with van der Waals surface area (Å²) in [5, 5.41) is -0.194. The highest BCUT2D eigenvalue weighted by Crippen LogP contribution is 2.31. The molecular formula is C12H18BrClN2O3S. The van der Waals surface area contributed by atoms with Crippen LogP contribution >= 0.6 is 27.5 Å². The van der Waals surface area contributed by atoms with Gasteiger partial charge >= 0.3 is 0 Å². The van der Waals surface area contributed by atoms with E-state index in [0.29, 0.717) is 15.3 Å². The SMILES string of the molecule is COCN(c1cc(Cl)cnc1Br)S(=O)(=O)C(C)C(C)C. The first-order valence-corrected chi connectivity index (χ1v) is 8.70. The lowest BCUT2D eigenvalue weighted by Crippen LogP contribution is -2.41. The van der Waals surface area contributed by atoms with E-state index < -0.39 is 15.3 Å². The number of methoxy groups -OCH3 is 1. The Bertz CT molecular complexity index is 566. The molecule has 1 heterocycles. The number of sulfonamides is 1. The minimum Gasteiger partial charge on any atom is -0.363 e. The lowest BCUT2D eigenvalue weighted by molar-refractivity contribution is 0.209. The quantitative estimate of drug-likeness (QED) is 0.557. The summed E-state index contributed by atoms with van der Waals surface area (Å²) < 4.78 is 32.0. The first-order chi connectivity index (χ1) is 9.21. The summed E-state index contributed by atoms with van der Waals surface area (Å²) in [4.78, 5) is 4.02. The summed E-state index contributed by atoms with van der Waals surface area (Å²) in [5.74, 6) is -0.0229. The van der Waals surface area contributed by atoms with Gasteiger partial charge in [0.05, 0.1) is 16.0 Å². The zero-order chi connectivity index (χ0) is 15.5.